The van der Waals surface area contributed by atoms with Gasteiger partial charge in [0.2, 0.25) is 0 Å². The molecule has 0 aliphatic rings. The number of aromatic nitrogens is 8. The lowest BCUT2D eigenvalue weighted by Gasteiger charge is -2.15. The lowest BCUT2D eigenvalue weighted by Crippen LogP contribution is -1.99. The predicted molar refractivity (Wildman–Crippen MR) is 278 cm³/mol. The fourth-order valence-electron chi connectivity index (χ4n) is 9.61. The number of fused-ring (bicyclic) bond motifs is 6. The fraction of sp³-hybridized carbons (Fsp3) is 0.0333. The molecular formula is C60H42N8O2. The van der Waals surface area contributed by atoms with Gasteiger partial charge in [0, 0.05) is 82.0 Å². The van der Waals surface area contributed by atoms with Crippen molar-refractivity contribution in [2.75, 3.05) is 0 Å². The summed E-state index contributed by atoms with van der Waals surface area (Å²) in [6.07, 6.45) is 15.4. The number of rotatable bonds is 10. The molecule has 70 heavy (non-hydrogen) atoms. The number of ether oxygens (including phenoxy) is 2. The number of hydrogen-bond acceptors (Lipinski definition) is 6. The Kier molecular flexibility index (Phi) is 9.69. The number of nitrogens with zero attached hydrogens (tertiary/aromatic N) is 8. The van der Waals surface area contributed by atoms with Crippen molar-refractivity contribution >= 4 is 43.6 Å². The van der Waals surface area contributed by atoms with Gasteiger partial charge in [-0.05, 0) is 134 Å². The maximum absolute atomic E-state index is 6.86. The Morgan fingerprint density at radius 3 is 1.23 bits per heavy atom. The monoisotopic (exact) mass is 906 g/mol. The molecule has 0 aliphatic carbocycles. The van der Waals surface area contributed by atoms with E-state index in [0.29, 0.717) is 34.4 Å². The molecule has 10 nitrogen and oxygen atoms in total. The average molecular weight is 907 g/mol. The van der Waals surface area contributed by atoms with Crippen molar-refractivity contribution in [2.45, 2.75) is 13.8 Å². The molecule has 0 fully saturated rings. The first kappa shape index (κ1) is 40.7. The summed E-state index contributed by atoms with van der Waals surface area (Å²) in [6, 6.07) is 58.0. The summed E-state index contributed by atoms with van der Waals surface area (Å²) in [5.74, 6) is 4.45. The highest BCUT2D eigenvalue weighted by Crippen LogP contribution is 2.40. The molecule has 0 atom stereocenters. The Labute approximate surface area is 402 Å². The Bertz CT molecular complexity index is 3830. The van der Waals surface area contributed by atoms with Gasteiger partial charge in [0.25, 0.3) is 0 Å². The van der Waals surface area contributed by atoms with Gasteiger partial charge in [0.1, 0.15) is 23.1 Å². The van der Waals surface area contributed by atoms with E-state index in [-0.39, 0.29) is 0 Å². The fourth-order valence-corrected chi connectivity index (χ4v) is 9.61. The van der Waals surface area contributed by atoms with Crippen LogP contribution in [-0.2, 0) is 0 Å². The third kappa shape index (κ3) is 7.14. The highest BCUT2D eigenvalue weighted by atomic mass is 16.5. The third-order valence-corrected chi connectivity index (χ3v) is 12.9. The van der Waals surface area contributed by atoms with E-state index in [2.05, 4.69) is 141 Å². The first-order chi connectivity index (χ1) is 34.5. The van der Waals surface area contributed by atoms with Gasteiger partial charge < -0.3 is 18.6 Å². The van der Waals surface area contributed by atoms with E-state index < -0.39 is 0 Å². The zero-order chi connectivity index (χ0) is 46.7. The van der Waals surface area contributed by atoms with Crippen LogP contribution in [0.4, 0.5) is 0 Å². The van der Waals surface area contributed by atoms with Crippen molar-refractivity contribution in [3.63, 3.8) is 0 Å². The quantitative estimate of drug-likeness (QED) is 0.136. The maximum atomic E-state index is 6.86. The second-order valence-corrected chi connectivity index (χ2v) is 17.5. The van der Waals surface area contributed by atoms with Crippen molar-refractivity contribution in [2.24, 2.45) is 0 Å². The summed E-state index contributed by atoms with van der Waals surface area (Å²) in [6.45, 7) is 4.17. The van der Waals surface area contributed by atoms with Crippen LogP contribution in [0.5, 0.6) is 23.0 Å². The lowest BCUT2D eigenvalue weighted by molar-refractivity contribution is 0.480. The highest BCUT2D eigenvalue weighted by molar-refractivity contribution is 6.10. The summed E-state index contributed by atoms with van der Waals surface area (Å²) in [7, 11) is 0. The number of benzene rings is 6. The molecular weight excluding hydrogens is 865 g/mol. The molecule has 0 spiro atoms. The first-order valence-electron chi connectivity index (χ1n) is 23.1. The van der Waals surface area contributed by atoms with Crippen LogP contribution in [0, 0.1) is 13.8 Å². The van der Waals surface area contributed by atoms with Crippen LogP contribution in [0.25, 0.3) is 89.1 Å². The molecule has 0 bridgehead atoms. The third-order valence-electron chi connectivity index (χ3n) is 12.9. The smallest absolute Gasteiger partial charge is 0.152 e. The van der Waals surface area contributed by atoms with Crippen molar-refractivity contribution in [3.05, 3.63) is 231 Å². The van der Waals surface area contributed by atoms with E-state index in [9.17, 15) is 0 Å². The zero-order valence-electron chi connectivity index (χ0n) is 38.2. The van der Waals surface area contributed by atoms with Crippen LogP contribution in [0.2, 0.25) is 0 Å². The standard InChI is InChI=1S/C60H42N8O2/c1-39-23-25-61-59(31-39)67-51-13-5-3-11-45(51)47-19-17-43(35-55(47)67)69-57-33-41(15-21-53(57)65-27-7-8-28-65)49-37-64-50(38-63-49)42-16-22-54(66-29-9-10-30-66)58(34-42)70-44-18-20-48-46-12-4-6-14-52(46)68(56(48)36-44)60-32-40(2)24-26-62-60/h3-38H,1-2H3. The summed E-state index contributed by atoms with van der Waals surface area (Å²) in [5, 5.41) is 4.55. The molecule has 10 heteroatoms. The second kappa shape index (κ2) is 16.7. The summed E-state index contributed by atoms with van der Waals surface area (Å²) in [4.78, 5) is 19.5. The molecule has 0 aliphatic heterocycles. The van der Waals surface area contributed by atoms with Gasteiger partial charge in [-0.15, -0.1) is 0 Å². The van der Waals surface area contributed by atoms with Crippen LogP contribution < -0.4 is 9.47 Å². The predicted octanol–water partition coefficient (Wildman–Crippen LogP) is 14.6. The number of pyridine rings is 2. The molecule has 0 N–H and O–H groups in total. The Morgan fingerprint density at radius 1 is 0.371 bits per heavy atom. The normalized spacial score (nSPS) is 11.6. The van der Waals surface area contributed by atoms with Crippen LogP contribution in [0.15, 0.2) is 219 Å². The molecule has 7 heterocycles. The number of aryl methyl sites for hydroxylation is 2. The molecule has 6 aromatic carbocycles. The molecule has 334 valence electrons. The van der Waals surface area contributed by atoms with Gasteiger partial charge >= 0.3 is 0 Å². The summed E-state index contributed by atoms with van der Waals surface area (Å²) >= 11 is 0. The van der Waals surface area contributed by atoms with Gasteiger partial charge in [-0.1, -0.05) is 48.5 Å². The molecule has 0 amide bonds. The Balaban J connectivity index is 0.846. The molecule has 0 radical (unpaired) electrons. The van der Waals surface area contributed by atoms with Crippen LogP contribution in [-0.4, -0.2) is 38.2 Å². The van der Waals surface area contributed by atoms with E-state index in [1.165, 1.54) is 0 Å². The second-order valence-electron chi connectivity index (χ2n) is 17.5. The molecule has 0 unspecified atom stereocenters. The van der Waals surface area contributed by atoms with Crippen LogP contribution in [0.1, 0.15) is 11.1 Å². The topological polar surface area (TPSA) is 89.7 Å². The van der Waals surface area contributed by atoms with E-state index in [0.717, 1.165) is 88.9 Å². The molecule has 13 rings (SSSR count). The zero-order valence-corrected chi connectivity index (χ0v) is 38.2. The van der Waals surface area contributed by atoms with Gasteiger partial charge in [0.15, 0.2) is 11.5 Å². The van der Waals surface area contributed by atoms with Crippen LogP contribution in [0.3, 0.4) is 0 Å². The van der Waals surface area contributed by atoms with E-state index in [4.69, 9.17) is 29.4 Å². The van der Waals surface area contributed by atoms with Crippen molar-refractivity contribution in [3.8, 4) is 68.5 Å². The van der Waals surface area contributed by atoms with Gasteiger partial charge in [-0.3, -0.25) is 19.1 Å². The van der Waals surface area contributed by atoms with Gasteiger partial charge in [-0.2, -0.15) is 0 Å². The molecule has 7 aromatic heterocycles. The largest absolute Gasteiger partial charge is 0.455 e. The van der Waals surface area contributed by atoms with E-state index in [1.807, 2.05) is 110 Å². The van der Waals surface area contributed by atoms with Gasteiger partial charge in [-0.25, -0.2) is 9.97 Å². The summed E-state index contributed by atoms with van der Waals surface area (Å²) < 4.78 is 22.2. The van der Waals surface area contributed by atoms with E-state index in [1.54, 1.807) is 0 Å². The van der Waals surface area contributed by atoms with Crippen LogP contribution >= 0.6 is 0 Å². The SMILES string of the molecule is Cc1ccnc(-n2c3ccccc3c3ccc(Oc4cc(-c5cnc(-c6ccc(-n7cccc7)c(Oc7ccc8c9ccccc9n(-c9cc(C)ccn9)c8c7)c6)cn5)ccc4-n4cccc4)cc32)c1. The maximum Gasteiger partial charge on any atom is 0.152 e. The number of hydrogen-bond donors (Lipinski definition) is 0. The minimum absolute atomic E-state index is 0.673. The molecule has 13 aromatic rings. The van der Waals surface area contributed by atoms with E-state index >= 15 is 0 Å². The molecule has 0 saturated carbocycles. The lowest BCUT2D eigenvalue weighted by atomic mass is 10.1. The Hall–Kier alpha value is -9.54. The Morgan fingerprint density at radius 2 is 0.800 bits per heavy atom. The first-order valence-corrected chi connectivity index (χ1v) is 23.1. The van der Waals surface area contributed by atoms with Gasteiger partial charge in [0.05, 0.1) is 57.2 Å². The summed E-state index contributed by atoms with van der Waals surface area (Å²) in [5.41, 5.74) is 11.4. The number of para-hydroxylation sites is 2. The van der Waals surface area contributed by atoms with Crippen molar-refractivity contribution < 1.29 is 9.47 Å². The highest BCUT2D eigenvalue weighted by Gasteiger charge is 2.19. The minimum atomic E-state index is 0.673. The molecule has 0 saturated heterocycles. The average Bonchev–Trinajstić information content (AvgIpc) is 4.23. The van der Waals surface area contributed by atoms with Crippen molar-refractivity contribution in [1.29, 1.82) is 0 Å². The minimum Gasteiger partial charge on any atom is -0.455 e. The van der Waals surface area contributed by atoms with Crippen molar-refractivity contribution in [1.82, 2.24) is 38.2 Å².